The second-order valence-corrected chi connectivity index (χ2v) is 7.96. The Morgan fingerprint density at radius 3 is 1.73 bits per heavy atom. The van der Waals surface area contributed by atoms with Crippen molar-refractivity contribution in [3.8, 4) is 0 Å². The van der Waals surface area contributed by atoms with Gasteiger partial charge in [-0.2, -0.15) is 0 Å². The number of nitrogens with one attached hydrogen (secondary N) is 5. The highest BCUT2D eigenvalue weighted by molar-refractivity contribution is 5.96. The quantitative estimate of drug-likeness (QED) is 0.109. The molecule has 2 rings (SSSR count). The maximum absolute atomic E-state index is 13.0. The van der Waals surface area contributed by atoms with Crippen molar-refractivity contribution >= 4 is 35.6 Å². The van der Waals surface area contributed by atoms with Gasteiger partial charge in [0.15, 0.2) is 0 Å². The summed E-state index contributed by atoms with van der Waals surface area (Å²) in [5, 5.41) is 25.1. The van der Waals surface area contributed by atoms with Gasteiger partial charge in [0.05, 0.1) is 31.5 Å². The molecular formula is C20H27N9O8. The van der Waals surface area contributed by atoms with Gasteiger partial charge in [0.2, 0.25) is 23.6 Å². The summed E-state index contributed by atoms with van der Waals surface area (Å²) in [6.07, 6.45) is 3.64. The fourth-order valence-corrected chi connectivity index (χ4v) is 3.16. The van der Waals surface area contributed by atoms with Crippen LogP contribution >= 0.6 is 0 Å². The van der Waals surface area contributed by atoms with Crippen LogP contribution < -0.4 is 27.4 Å². The normalized spacial score (nSPS) is 14.0. The third-order valence-electron chi connectivity index (χ3n) is 4.97. The van der Waals surface area contributed by atoms with E-state index in [2.05, 4.69) is 35.9 Å². The number of carboxylic acid groups (broad SMARTS) is 2. The van der Waals surface area contributed by atoms with Crippen molar-refractivity contribution in [3.63, 3.8) is 0 Å². The first-order valence-corrected chi connectivity index (χ1v) is 10.8. The summed E-state index contributed by atoms with van der Waals surface area (Å²) in [7, 11) is 0. The molecule has 37 heavy (non-hydrogen) atoms. The second kappa shape index (κ2) is 13.3. The molecule has 0 spiro atoms. The number of nitrogens with zero attached hydrogens (tertiary/aromatic N) is 2. The molecule has 4 atom stereocenters. The molecule has 17 heteroatoms. The van der Waals surface area contributed by atoms with Crippen molar-refractivity contribution in [2.75, 3.05) is 0 Å². The molecule has 2 aromatic heterocycles. The fourth-order valence-electron chi connectivity index (χ4n) is 3.16. The van der Waals surface area contributed by atoms with E-state index < -0.39 is 72.6 Å². The summed E-state index contributed by atoms with van der Waals surface area (Å²) in [6.45, 7) is 0. The lowest BCUT2D eigenvalue weighted by Gasteiger charge is -2.24. The predicted molar refractivity (Wildman–Crippen MR) is 122 cm³/mol. The first-order valence-electron chi connectivity index (χ1n) is 10.8. The monoisotopic (exact) mass is 521 g/mol. The lowest BCUT2D eigenvalue weighted by Crippen LogP contribution is -2.58. The Kier molecular flexibility index (Phi) is 10.2. The summed E-state index contributed by atoms with van der Waals surface area (Å²) in [6, 6.07) is -5.88. The van der Waals surface area contributed by atoms with Gasteiger partial charge in [-0.25, -0.2) is 14.8 Å². The Balaban J connectivity index is 2.18. The van der Waals surface area contributed by atoms with Gasteiger partial charge < -0.3 is 47.6 Å². The summed E-state index contributed by atoms with van der Waals surface area (Å²) in [5.41, 5.74) is 11.6. The van der Waals surface area contributed by atoms with Crippen molar-refractivity contribution in [1.29, 1.82) is 0 Å². The lowest BCUT2D eigenvalue weighted by molar-refractivity contribution is -0.142. The van der Waals surface area contributed by atoms with Crippen LogP contribution in [0.25, 0.3) is 0 Å². The molecule has 0 aliphatic rings. The summed E-state index contributed by atoms with van der Waals surface area (Å²) in [5.74, 6) is -6.62. The Labute approximate surface area is 208 Å². The molecule has 0 aliphatic carbocycles. The summed E-state index contributed by atoms with van der Waals surface area (Å²) < 4.78 is 0. The van der Waals surface area contributed by atoms with Crippen molar-refractivity contribution in [2.45, 2.75) is 49.9 Å². The number of carboxylic acids is 2. The zero-order chi connectivity index (χ0) is 27.5. The third kappa shape index (κ3) is 9.40. The molecule has 0 saturated carbocycles. The second-order valence-electron chi connectivity index (χ2n) is 7.96. The fraction of sp³-hybridized carbons (Fsp3) is 0.400. The largest absolute Gasteiger partial charge is 0.481 e. The number of aromatic amines is 2. The number of imidazole rings is 2. The van der Waals surface area contributed by atoms with Crippen molar-refractivity contribution < 1.29 is 39.0 Å². The van der Waals surface area contributed by atoms with E-state index in [0.29, 0.717) is 11.4 Å². The number of carbonyl (C=O) groups excluding carboxylic acids is 4. The van der Waals surface area contributed by atoms with Gasteiger partial charge in [-0.05, 0) is 0 Å². The van der Waals surface area contributed by atoms with Crippen LogP contribution in [0.2, 0.25) is 0 Å². The van der Waals surface area contributed by atoms with E-state index in [1.807, 2.05) is 0 Å². The Hall–Kier alpha value is -4.80. The molecule has 4 amide bonds. The predicted octanol–water partition coefficient (Wildman–Crippen LogP) is -3.87. The van der Waals surface area contributed by atoms with E-state index in [9.17, 15) is 33.9 Å². The van der Waals surface area contributed by atoms with Crippen LogP contribution in [0.3, 0.4) is 0 Å². The number of aliphatic carboxylic acids is 2. The SMILES string of the molecule is NC(=O)CC(NC(=O)C(Cc1cnc[nH]1)NC(=O)C(N)CC(=O)O)C(=O)NC(Cc1cnc[nH]1)C(=O)O. The van der Waals surface area contributed by atoms with Gasteiger partial charge in [-0.15, -0.1) is 0 Å². The zero-order valence-corrected chi connectivity index (χ0v) is 19.3. The molecule has 2 heterocycles. The number of H-pyrrole nitrogens is 2. The molecule has 200 valence electrons. The van der Waals surface area contributed by atoms with Crippen LogP contribution in [0.1, 0.15) is 24.2 Å². The van der Waals surface area contributed by atoms with Gasteiger partial charge in [-0.1, -0.05) is 0 Å². The average Bonchev–Trinajstić information content (AvgIpc) is 3.51. The minimum atomic E-state index is -1.59. The van der Waals surface area contributed by atoms with Crippen molar-refractivity contribution in [3.05, 3.63) is 36.4 Å². The number of carbonyl (C=O) groups is 6. The molecule has 0 bridgehead atoms. The van der Waals surface area contributed by atoms with E-state index in [1.165, 1.54) is 25.0 Å². The molecule has 0 aromatic carbocycles. The molecule has 11 N–H and O–H groups in total. The number of hydrogen-bond donors (Lipinski definition) is 9. The number of aromatic nitrogens is 4. The number of rotatable bonds is 15. The van der Waals surface area contributed by atoms with Gasteiger partial charge >= 0.3 is 11.9 Å². The molecule has 0 saturated heterocycles. The van der Waals surface area contributed by atoms with Crippen LogP contribution in [-0.2, 0) is 41.6 Å². The lowest BCUT2D eigenvalue weighted by atomic mass is 10.1. The molecule has 0 radical (unpaired) electrons. The summed E-state index contributed by atoms with van der Waals surface area (Å²) in [4.78, 5) is 85.3. The molecule has 2 aromatic rings. The molecule has 0 fully saturated rings. The van der Waals surface area contributed by atoms with Crippen LogP contribution in [-0.4, -0.2) is 89.9 Å². The minimum Gasteiger partial charge on any atom is -0.481 e. The number of hydrogen-bond acceptors (Lipinski definition) is 9. The van der Waals surface area contributed by atoms with E-state index in [4.69, 9.17) is 16.6 Å². The standard InChI is InChI=1S/C20H27N9O8/c21-11(3-16(31)32)17(33)27-12(1-9-5-23-7-25-9)18(34)28-13(4-15(22)30)19(35)29-14(20(36)37)2-10-6-24-8-26-10/h5-8,11-14H,1-4,21H2,(H2,22,30)(H,23,25)(H,24,26)(H,27,33)(H,28,34)(H,29,35)(H,31,32)(H,36,37). The third-order valence-corrected chi connectivity index (χ3v) is 4.97. The Bertz CT molecular complexity index is 1100. The van der Waals surface area contributed by atoms with Crippen LogP contribution in [0.4, 0.5) is 0 Å². The van der Waals surface area contributed by atoms with Crippen LogP contribution in [0.5, 0.6) is 0 Å². The first-order chi connectivity index (χ1) is 17.5. The zero-order valence-electron chi connectivity index (χ0n) is 19.3. The van der Waals surface area contributed by atoms with Gasteiger partial charge in [0.25, 0.3) is 0 Å². The van der Waals surface area contributed by atoms with Crippen LogP contribution in [0.15, 0.2) is 25.0 Å². The highest BCUT2D eigenvalue weighted by atomic mass is 16.4. The highest BCUT2D eigenvalue weighted by Gasteiger charge is 2.32. The van der Waals surface area contributed by atoms with Gasteiger partial charge in [0, 0.05) is 36.6 Å². The van der Waals surface area contributed by atoms with E-state index in [1.54, 1.807) is 0 Å². The topological polar surface area (TPSA) is 288 Å². The van der Waals surface area contributed by atoms with E-state index in [0.717, 1.165) is 0 Å². The summed E-state index contributed by atoms with van der Waals surface area (Å²) >= 11 is 0. The minimum absolute atomic E-state index is 0.167. The molecular weight excluding hydrogens is 494 g/mol. The Morgan fingerprint density at radius 1 is 0.784 bits per heavy atom. The van der Waals surface area contributed by atoms with Crippen molar-refractivity contribution in [1.82, 2.24) is 35.9 Å². The van der Waals surface area contributed by atoms with Gasteiger partial charge in [-0.3, -0.25) is 24.0 Å². The number of nitrogens with two attached hydrogens (primary N) is 2. The van der Waals surface area contributed by atoms with Gasteiger partial charge in [0.1, 0.15) is 18.1 Å². The molecule has 4 unspecified atom stereocenters. The highest BCUT2D eigenvalue weighted by Crippen LogP contribution is 2.04. The number of amides is 4. The molecule has 17 nitrogen and oxygen atoms in total. The van der Waals surface area contributed by atoms with Crippen molar-refractivity contribution in [2.24, 2.45) is 11.5 Å². The first kappa shape index (κ1) is 28.4. The number of primary amides is 1. The molecule has 0 aliphatic heterocycles. The maximum atomic E-state index is 13.0. The average molecular weight is 521 g/mol. The van der Waals surface area contributed by atoms with E-state index in [-0.39, 0.29) is 12.8 Å². The van der Waals surface area contributed by atoms with E-state index >= 15 is 0 Å². The smallest absolute Gasteiger partial charge is 0.326 e. The van der Waals surface area contributed by atoms with Crippen LogP contribution in [0, 0.1) is 0 Å². The maximum Gasteiger partial charge on any atom is 0.326 e. The Morgan fingerprint density at radius 2 is 1.27 bits per heavy atom.